The Labute approximate surface area is 171 Å². The molecule has 1 amide bonds. The third-order valence-corrected chi connectivity index (χ3v) is 10.6. The average Bonchev–Trinajstić information content (AvgIpc) is 3.11. The number of hydrogen-bond donors (Lipinski definition) is 2. The summed E-state index contributed by atoms with van der Waals surface area (Å²) in [6, 6.07) is 19.0. The van der Waals surface area contributed by atoms with E-state index in [9.17, 15) is 19.8 Å². The van der Waals surface area contributed by atoms with E-state index in [0.29, 0.717) is 0 Å². The number of carboxylic acids is 1. The maximum atomic E-state index is 11.6. The van der Waals surface area contributed by atoms with Gasteiger partial charge in [-0.25, -0.2) is 9.59 Å². The lowest BCUT2D eigenvalue weighted by Gasteiger charge is -2.44. The molecule has 29 heavy (non-hydrogen) atoms. The van der Waals surface area contributed by atoms with E-state index in [4.69, 9.17) is 4.43 Å². The molecule has 0 saturated carbocycles. The highest BCUT2D eigenvalue weighted by atomic mass is 28.4. The summed E-state index contributed by atoms with van der Waals surface area (Å²) in [5, 5.41) is 20.9. The molecule has 2 unspecified atom stereocenters. The number of carboxylic acid groups (broad SMARTS) is 2. The molecular weight excluding hydrogens is 386 g/mol. The second-order valence-electron chi connectivity index (χ2n) is 8.43. The second-order valence-corrected chi connectivity index (χ2v) is 12.7. The Bertz CT molecular complexity index is 804. The third-order valence-electron chi connectivity index (χ3n) is 5.55. The minimum atomic E-state index is -2.86. The van der Waals surface area contributed by atoms with E-state index in [1.54, 1.807) is 0 Å². The van der Waals surface area contributed by atoms with Gasteiger partial charge in [-0.15, -0.1) is 0 Å². The molecular formula is C22H27NO5Si. The van der Waals surface area contributed by atoms with E-state index in [1.807, 2.05) is 36.4 Å². The van der Waals surface area contributed by atoms with Gasteiger partial charge in [-0.3, -0.25) is 4.90 Å². The maximum absolute atomic E-state index is 11.6. The first-order valence-electron chi connectivity index (χ1n) is 9.68. The standard InChI is InChI=1S/C22H27NO5Si/c1-22(2,3)29(17-10-6-4-7-11-17,18-12-8-5-9-13-18)28-16-14-19(20(24)25)23(15-16)21(26)27/h4-13,16,19H,14-15H2,1-3H3,(H,24,25)(H,26,27). The molecule has 3 rings (SSSR count). The topological polar surface area (TPSA) is 87.1 Å². The summed E-state index contributed by atoms with van der Waals surface area (Å²) >= 11 is 0. The molecule has 0 aromatic heterocycles. The van der Waals surface area contributed by atoms with Crippen molar-refractivity contribution in [1.82, 2.24) is 4.90 Å². The van der Waals surface area contributed by atoms with Crippen LogP contribution in [0.1, 0.15) is 27.2 Å². The van der Waals surface area contributed by atoms with Crippen molar-refractivity contribution in [2.75, 3.05) is 6.54 Å². The molecule has 2 aromatic carbocycles. The largest absolute Gasteiger partial charge is 0.480 e. The van der Waals surface area contributed by atoms with E-state index in [2.05, 4.69) is 45.0 Å². The van der Waals surface area contributed by atoms with Crippen molar-refractivity contribution in [1.29, 1.82) is 0 Å². The van der Waals surface area contributed by atoms with Crippen molar-refractivity contribution in [2.24, 2.45) is 0 Å². The maximum Gasteiger partial charge on any atom is 0.408 e. The normalized spacial score (nSPS) is 19.9. The lowest BCUT2D eigenvalue weighted by atomic mass is 10.2. The zero-order valence-corrected chi connectivity index (χ0v) is 17.9. The summed E-state index contributed by atoms with van der Waals surface area (Å²) in [5.74, 6) is -1.14. The SMILES string of the molecule is CC(C)(C)[Si](OC1CC(C(=O)O)N(C(=O)O)C1)(c1ccccc1)c1ccccc1. The quantitative estimate of drug-likeness (QED) is 0.736. The molecule has 2 atom stereocenters. The van der Waals surface area contributed by atoms with Gasteiger partial charge in [0.05, 0.1) is 6.10 Å². The van der Waals surface area contributed by atoms with Crippen LogP contribution in [0.15, 0.2) is 60.7 Å². The lowest BCUT2D eigenvalue weighted by Crippen LogP contribution is -2.67. The van der Waals surface area contributed by atoms with Crippen molar-refractivity contribution >= 4 is 30.8 Å². The van der Waals surface area contributed by atoms with Crippen molar-refractivity contribution < 1.29 is 24.2 Å². The average molecular weight is 414 g/mol. The predicted molar refractivity (Wildman–Crippen MR) is 113 cm³/mol. The molecule has 0 aliphatic carbocycles. The van der Waals surface area contributed by atoms with Gasteiger partial charge in [0.25, 0.3) is 8.32 Å². The summed E-state index contributed by atoms with van der Waals surface area (Å²) in [5.41, 5.74) is 0. The first-order chi connectivity index (χ1) is 13.7. The van der Waals surface area contributed by atoms with E-state index in [1.165, 1.54) is 0 Å². The zero-order chi connectivity index (χ0) is 21.2. The van der Waals surface area contributed by atoms with Gasteiger partial charge in [0.2, 0.25) is 0 Å². The van der Waals surface area contributed by atoms with Crippen molar-refractivity contribution in [3.05, 3.63) is 60.7 Å². The Morgan fingerprint density at radius 3 is 1.79 bits per heavy atom. The Balaban J connectivity index is 2.10. The van der Waals surface area contributed by atoms with Gasteiger partial charge in [0.15, 0.2) is 0 Å². The van der Waals surface area contributed by atoms with Gasteiger partial charge in [0, 0.05) is 13.0 Å². The summed E-state index contributed by atoms with van der Waals surface area (Å²) in [6.07, 6.45) is -1.57. The Morgan fingerprint density at radius 1 is 0.966 bits per heavy atom. The minimum absolute atomic E-state index is 0.0524. The monoisotopic (exact) mass is 413 g/mol. The van der Waals surface area contributed by atoms with Crippen LogP contribution in [0.25, 0.3) is 0 Å². The number of rotatable bonds is 5. The molecule has 6 nitrogen and oxygen atoms in total. The first kappa shape index (κ1) is 21.1. The molecule has 1 heterocycles. The molecule has 7 heteroatoms. The van der Waals surface area contributed by atoms with Crippen LogP contribution in [0, 0.1) is 0 Å². The Hall–Kier alpha value is -2.64. The number of aliphatic carboxylic acids is 1. The van der Waals surface area contributed by atoms with E-state index in [0.717, 1.165) is 15.3 Å². The minimum Gasteiger partial charge on any atom is -0.480 e. The number of amides is 1. The molecule has 0 bridgehead atoms. The fourth-order valence-corrected chi connectivity index (χ4v) is 8.96. The molecule has 1 aliphatic rings. The van der Waals surface area contributed by atoms with E-state index >= 15 is 0 Å². The van der Waals surface area contributed by atoms with Crippen molar-refractivity contribution in [2.45, 2.75) is 44.4 Å². The fourth-order valence-electron chi connectivity index (χ4n) is 4.27. The Kier molecular flexibility index (Phi) is 5.82. The predicted octanol–water partition coefficient (Wildman–Crippen LogP) is 2.77. The third kappa shape index (κ3) is 3.93. The summed E-state index contributed by atoms with van der Waals surface area (Å²) in [6.45, 7) is 6.46. The number of nitrogens with zero attached hydrogens (tertiary/aromatic N) is 1. The highest BCUT2D eigenvalue weighted by Gasteiger charge is 2.53. The van der Waals surface area contributed by atoms with E-state index < -0.39 is 32.5 Å². The van der Waals surface area contributed by atoms with Gasteiger partial charge in [-0.05, 0) is 15.4 Å². The van der Waals surface area contributed by atoms with E-state index in [-0.39, 0.29) is 18.0 Å². The van der Waals surface area contributed by atoms with Crippen molar-refractivity contribution in [3.8, 4) is 0 Å². The molecule has 0 radical (unpaired) electrons. The molecule has 2 aromatic rings. The van der Waals surface area contributed by atoms with Gasteiger partial charge in [-0.2, -0.15) is 0 Å². The summed E-state index contributed by atoms with van der Waals surface area (Å²) in [7, 11) is -2.86. The first-order valence-corrected chi connectivity index (χ1v) is 11.6. The second kappa shape index (κ2) is 8.00. The molecule has 2 N–H and O–H groups in total. The van der Waals surface area contributed by atoms with Gasteiger partial charge >= 0.3 is 12.1 Å². The van der Waals surface area contributed by atoms with Crippen LogP contribution < -0.4 is 10.4 Å². The molecule has 154 valence electrons. The van der Waals surface area contributed by atoms with Crippen LogP contribution in [0.2, 0.25) is 5.04 Å². The van der Waals surface area contributed by atoms with Crippen LogP contribution in [-0.4, -0.2) is 54.2 Å². The number of likely N-dealkylation sites (tertiary alicyclic amines) is 1. The van der Waals surface area contributed by atoms with Gasteiger partial charge < -0.3 is 14.6 Å². The highest BCUT2D eigenvalue weighted by Crippen LogP contribution is 2.39. The number of benzene rings is 2. The molecule has 1 saturated heterocycles. The summed E-state index contributed by atoms with van der Waals surface area (Å²) < 4.78 is 6.87. The van der Waals surface area contributed by atoms with Gasteiger partial charge in [-0.1, -0.05) is 81.4 Å². The Morgan fingerprint density at radius 2 is 1.45 bits per heavy atom. The van der Waals surface area contributed by atoms with Crippen LogP contribution in [0.5, 0.6) is 0 Å². The zero-order valence-electron chi connectivity index (χ0n) is 16.9. The van der Waals surface area contributed by atoms with Gasteiger partial charge in [0.1, 0.15) is 6.04 Å². The molecule has 1 aliphatic heterocycles. The molecule has 1 fully saturated rings. The van der Waals surface area contributed by atoms with Crippen LogP contribution >= 0.6 is 0 Å². The van der Waals surface area contributed by atoms with Crippen LogP contribution in [0.3, 0.4) is 0 Å². The van der Waals surface area contributed by atoms with Crippen LogP contribution in [-0.2, 0) is 9.22 Å². The lowest BCUT2D eigenvalue weighted by molar-refractivity contribution is -0.141. The van der Waals surface area contributed by atoms with Crippen LogP contribution in [0.4, 0.5) is 4.79 Å². The smallest absolute Gasteiger partial charge is 0.408 e. The molecule has 0 spiro atoms. The van der Waals surface area contributed by atoms with Crippen molar-refractivity contribution in [3.63, 3.8) is 0 Å². The summed E-state index contributed by atoms with van der Waals surface area (Å²) in [4.78, 5) is 24.2. The number of hydrogen-bond acceptors (Lipinski definition) is 3. The highest BCUT2D eigenvalue weighted by molar-refractivity contribution is 6.99. The fraction of sp³-hybridized carbons (Fsp3) is 0.364. The number of carbonyl (C=O) groups is 2.